The Bertz CT molecular complexity index is 924. The fourth-order valence-electron chi connectivity index (χ4n) is 4.40. The fourth-order valence-corrected chi connectivity index (χ4v) is 4.40. The van der Waals surface area contributed by atoms with Crippen molar-refractivity contribution >= 4 is 17.4 Å². The predicted octanol–water partition coefficient (Wildman–Crippen LogP) is 4.53. The van der Waals surface area contributed by atoms with Crippen molar-refractivity contribution in [2.24, 2.45) is 5.92 Å². The zero-order valence-corrected chi connectivity index (χ0v) is 17.4. The highest BCUT2D eigenvalue weighted by atomic mass is 19.2. The molecule has 0 radical (unpaired) electrons. The second-order valence-electron chi connectivity index (χ2n) is 8.17. The number of benzene rings is 1. The number of alkyl halides is 2. The van der Waals surface area contributed by atoms with Gasteiger partial charge in [-0.05, 0) is 37.8 Å². The molecule has 0 unspecified atom stereocenters. The summed E-state index contributed by atoms with van der Waals surface area (Å²) in [6.07, 6.45) is 1.28. The first kappa shape index (κ1) is 21.6. The Kier molecular flexibility index (Phi) is 6.46. The first-order valence-electron chi connectivity index (χ1n) is 10.6. The van der Waals surface area contributed by atoms with Crippen molar-refractivity contribution < 1.29 is 22.7 Å². The van der Waals surface area contributed by atoms with Crippen molar-refractivity contribution in [1.82, 2.24) is 4.98 Å². The number of methoxy groups -OCH3 is 1. The molecule has 1 saturated heterocycles. The molecule has 2 fully saturated rings. The zero-order chi connectivity index (χ0) is 22.0. The number of hydrogen-bond donors (Lipinski definition) is 1. The van der Waals surface area contributed by atoms with Gasteiger partial charge in [-0.1, -0.05) is 18.2 Å². The van der Waals surface area contributed by atoms with Crippen molar-refractivity contribution in [3.05, 3.63) is 42.3 Å². The SMILES string of the molecule is COC1CCC(C(=O)Nc2c(-c3ccccc3F)ccnc2N2C[C@@H](F)[C@@H](F)C2)CC1. The number of carbonyl (C=O) groups is 1. The largest absolute Gasteiger partial charge is 0.381 e. The molecule has 8 heteroatoms. The Balaban J connectivity index is 1.68. The number of pyridine rings is 1. The van der Waals surface area contributed by atoms with Crippen LogP contribution in [0.25, 0.3) is 11.1 Å². The second-order valence-corrected chi connectivity index (χ2v) is 8.17. The van der Waals surface area contributed by atoms with Crippen molar-refractivity contribution in [1.29, 1.82) is 0 Å². The van der Waals surface area contributed by atoms with E-state index in [1.165, 1.54) is 17.2 Å². The third kappa shape index (κ3) is 4.54. The number of rotatable bonds is 5. The molecule has 2 aromatic rings. The number of amides is 1. The Hall–Kier alpha value is -2.61. The van der Waals surface area contributed by atoms with Crippen molar-refractivity contribution in [2.75, 3.05) is 30.4 Å². The molecule has 1 aromatic carbocycles. The van der Waals surface area contributed by atoms with Crippen LogP contribution >= 0.6 is 0 Å². The molecular formula is C23H26F3N3O2. The molecule has 5 nitrogen and oxygen atoms in total. The van der Waals surface area contributed by atoms with E-state index in [1.54, 1.807) is 31.4 Å². The van der Waals surface area contributed by atoms with Crippen LogP contribution in [0.5, 0.6) is 0 Å². The molecule has 1 aromatic heterocycles. The highest BCUT2D eigenvalue weighted by molar-refractivity contribution is 6.00. The molecule has 1 aliphatic heterocycles. The first-order valence-corrected chi connectivity index (χ1v) is 10.6. The summed E-state index contributed by atoms with van der Waals surface area (Å²) in [6.45, 7) is -0.340. The number of carbonyl (C=O) groups excluding carboxylic acids is 1. The summed E-state index contributed by atoms with van der Waals surface area (Å²) in [5.74, 6) is -0.616. The van der Waals surface area contributed by atoms with E-state index in [1.807, 2.05) is 0 Å². The van der Waals surface area contributed by atoms with Crippen molar-refractivity contribution in [3.8, 4) is 11.1 Å². The lowest BCUT2D eigenvalue weighted by atomic mass is 9.86. The number of ether oxygens (including phenoxy) is 1. The average molecular weight is 433 g/mol. The van der Waals surface area contributed by atoms with Crippen LogP contribution in [0.1, 0.15) is 25.7 Å². The lowest BCUT2D eigenvalue weighted by Crippen LogP contribution is -2.31. The standard InChI is InChI=1S/C23H26F3N3O2/c1-31-15-8-6-14(7-9-15)23(30)28-21-17(16-4-2-3-5-18(16)24)10-11-27-22(21)29-12-19(25)20(26)13-29/h2-5,10-11,14-15,19-20H,6-9,12-13H2,1H3,(H,28,30)/t14?,15?,19-,20+. The molecule has 0 spiro atoms. The molecule has 2 atom stereocenters. The van der Waals surface area contributed by atoms with Gasteiger partial charge in [0, 0.05) is 30.4 Å². The van der Waals surface area contributed by atoms with E-state index >= 15 is 0 Å². The average Bonchev–Trinajstić information content (AvgIpc) is 3.12. The van der Waals surface area contributed by atoms with Crippen LogP contribution in [0.2, 0.25) is 0 Å². The number of anilines is 2. The minimum atomic E-state index is -1.63. The maximum Gasteiger partial charge on any atom is 0.227 e. The number of nitrogens with zero attached hydrogens (tertiary/aromatic N) is 2. The maximum absolute atomic E-state index is 14.6. The van der Waals surface area contributed by atoms with Gasteiger partial charge in [-0.25, -0.2) is 18.2 Å². The van der Waals surface area contributed by atoms with Crippen LogP contribution in [0, 0.1) is 11.7 Å². The lowest BCUT2D eigenvalue weighted by Gasteiger charge is -2.28. The molecule has 1 amide bonds. The number of halogens is 3. The van der Waals surface area contributed by atoms with Crippen molar-refractivity contribution in [3.63, 3.8) is 0 Å². The quantitative estimate of drug-likeness (QED) is 0.753. The molecule has 1 saturated carbocycles. The Morgan fingerprint density at radius 1 is 1.06 bits per heavy atom. The summed E-state index contributed by atoms with van der Waals surface area (Å²) in [5, 5.41) is 2.92. The van der Waals surface area contributed by atoms with E-state index in [4.69, 9.17) is 4.74 Å². The number of aromatic nitrogens is 1. The number of hydrogen-bond acceptors (Lipinski definition) is 4. The van der Waals surface area contributed by atoms with Gasteiger partial charge in [-0.2, -0.15) is 0 Å². The maximum atomic E-state index is 14.6. The highest BCUT2D eigenvalue weighted by Gasteiger charge is 2.36. The Morgan fingerprint density at radius 3 is 2.39 bits per heavy atom. The first-order chi connectivity index (χ1) is 15.0. The molecule has 0 bridgehead atoms. The van der Waals surface area contributed by atoms with E-state index in [0.29, 0.717) is 18.4 Å². The van der Waals surface area contributed by atoms with Crippen LogP contribution in [-0.2, 0) is 9.53 Å². The third-order valence-corrected chi connectivity index (χ3v) is 6.20. The summed E-state index contributed by atoms with van der Waals surface area (Å²) < 4.78 is 47.7. The molecule has 1 N–H and O–H groups in total. The summed E-state index contributed by atoms with van der Waals surface area (Å²) in [6, 6.07) is 7.82. The fraction of sp³-hybridized carbons (Fsp3) is 0.478. The predicted molar refractivity (Wildman–Crippen MR) is 113 cm³/mol. The van der Waals surface area contributed by atoms with Gasteiger partial charge in [0.2, 0.25) is 5.91 Å². The molecule has 2 heterocycles. The Labute approximate surface area is 179 Å². The van der Waals surface area contributed by atoms with Crippen LogP contribution in [0.4, 0.5) is 24.7 Å². The smallest absolute Gasteiger partial charge is 0.227 e. The number of nitrogens with one attached hydrogen (secondary N) is 1. The van der Waals surface area contributed by atoms with Crippen LogP contribution in [-0.4, -0.2) is 49.5 Å². The minimum Gasteiger partial charge on any atom is -0.381 e. The lowest BCUT2D eigenvalue weighted by molar-refractivity contribution is -0.121. The molecule has 1 aliphatic carbocycles. The van der Waals surface area contributed by atoms with Crippen LogP contribution in [0.3, 0.4) is 0 Å². The third-order valence-electron chi connectivity index (χ3n) is 6.20. The summed E-state index contributed by atoms with van der Waals surface area (Å²) in [5.41, 5.74) is 1.00. The topological polar surface area (TPSA) is 54.5 Å². The van der Waals surface area contributed by atoms with Gasteiger partial charge >= 0.3 is 0 Å². The monoisotopic (exact) mass is 433 g/mol. The molecule has 31 heavy (non-hydrogen) atoms. The van der Waals surface area contributed by atoms with Gasteiger partial charge < -0.3 is 15.0 Å². The normalized spacial score (nSPS) is 26.1. The second kappa shape index (κ2) is 9.26. The molecule has 2 aliphatic rings. The van der Waals surface area contributed by atoms with Gasteiger partial charge in [-0.3, -0.25) is 4.79 Å². The zero-order valence-electron chi connectivity index (χ0n) is 17.4. The summed E-state index contributed by atoms with van der Waals surface area (Å²) in [4.78, 5) is 18.9. The van der Waals surface area contributed by atoms with E-state index in [0.717, 1.165) is 12.8 Å². The van der Waals surface area contributed by atoms with Gasteiger partial charge in [-0.15, -0.1) is 0 Å². The van der Waals surface area contributed by atoms with E-state index in [9.17, 15) is 18.0 Å². The summed E-state index contributed by atoms with van der Waals surface area (Å²) in [7, 11) is 1.67. The van der Waals surface area contributed by atoms with Crippen LogP contribution < -0.4 is 10.2 Å². The van der Waals surface area contributed by atoms with Crippen molar-refractivity contribution in [2.45, 2.75) is 44.1 Å². The molecule has 4 rings (SSSR count). The van der Waals surface area contributed by atoms with Gasteiger partial charge in [0.05, 0.1) is 24.9 Å². The van der Waals surface area contributed by atoms with Gasteiger partial charge in [0.25, 0.3) is 0 Å². The van der Waals surface area contributed by atoms with E-state index < -0.39 is 18.2 Å². The Morgan fingerprint density at radius 2 is 1.74 bits per heavy atom. The molecular weight excluding hydrogens is 407 g/mol. The minimum absolute atomic E-state index is 0.152. The highest BCUT2D eigenvalue weighted by Crippen LogP contribution is 2.39. The molecule has 166 valence electrons. The van der Waals surface area contributed by atoms with E-state index in [-0.39, 0.29) is 48.1 Å². The van der Waals surface area contributed by atoms with Crippen LogP contribution in [0.15, 0.2) is 36.5 Å². The van der Waals surface area contributed by atoms with E-state index in [2.05, 4.69) is 10.3 Å². The van der Waals surface area contributed by atoms with Gasteiger partial charge in [0.15, 0.2) is 18.2 Å². The summed E-state index contributed by atoms with van der Waals surface area (Å²) >= 11 is 0. The van der Waals surface area contributed by atoms with Gasteiger partial charge in [0.1, 0.15) is 5.82 Å².